The van der Waals surface area contributed by atoms with Crippen LogP contribution in [0.5, 0.6) is 5.75 Å². The Morgan fingerprint density at radius 2 is 2.18 bits per heavy atom. The smallest absolute Gasteiger partial charge is 0.119 e. The van der Waals surface area contributed by atoms with E-state index in [0.717, 1.165) is 38.5 Å². The Morgan fingerprint density at radius 3 is 2.82 bits per heavy atom. The molecule has 1 fully saturated rings. The largest absolute Gasteiger partial charge is 0.494 e. The van der Waals surface area contributed by atoms with Crippen LogP contribution in [0.2, 0.25) is 0 Å². The number of hydrogen-bond acceptors (Lipinski definition) is 3. The summed E-state index contributed by atoms with van der Waals surface area (Å²) in [5.41, 5.74) is 1.27. The monoisotopic (exact) mass is 235 g/mol. The van der Waals surface area contributed by atoms with Crippen molar-refractivity contribution < 1.29 is 9.47 Å². The van der Waals surface area contributed by atoms with Crippen LogP contribution in [0, 0.1) is 0 Å². The first-order chi connectivity index (χ1) is 8.40. The molecule has 1 aromatic rings. The van der Waals surface area contributed by atoms with Crippen LogP contribution in [0.4, 0.5) is 0 Å². The maximum absolute atomic E-state index is 5.64. The summed E-state index contributed by atoms with van der Waals surface area (Å²) >= 11 is 0. The molecule has 0 aliphatic carbocycles. The molecule has 0 saturated carbocycles. The third-order valence-electron chi connectivity index (χ3n) is 2.97. The van der Waals surface area contributed by atoms with E-state index in [1.54, 1.807) is 0 Å². The van der Waals surface area contributed by atoms with Gasteiger partial charge in [-0.05, 0) is 24.1 Å². The van der Waals surface area contributed by atoms with Gasteiger partial charge in [-0.25, -0.2) is 0 Å². The molecule has 3 heteroatoms. The van der Waals surface area contributed by atoms with E-state index in [1.807, 2.05) is 12.1 Å². The standard InChI is InChI=1S/C14H21NO2/c1-2-3-9-17-13-6-4-12(5-7-13)14-11-16-10-8-15-14/h4-7,14-15H,2-3,8-11H2,1H3. The zero-order valence-electron chi connectivity index (χ0n) is 10.4. The molecule has 2 rings (SSSR count). The highest BCUT2D eigenvalue weighted by molar-refractivity contribution is 5.29. The first kappa shape index (κ1) is 12.4. The fourth-order valence-electron chi connectivity index (χ4n) is 1.91. The molecule has 0 aromatic heterocycles. The highest BCUT2D eigenvalue weighted by atomic mass is 16.5. The highest BCUT2D eigenvalue weighted by Crippen LogP contribution is 2.19. The van der Waals surface area contributed by atoms with Gasteiger partial charge in [-0.1, -0.05) is 25.5 Å². The first-order valence-electron chi connectivity index (χ1n) is 6.44. The summed E-state index contributed by atoms with van der Waals surface area (Å²) in [5, 5.41) is 3.44. The van der Waals surface area contributed by atoms with Crippen molar-refractivity contribution in [3.63, 3.8) is 0 Å². The van der Waals surface area contributed by atoms with Crippen LogP contribution in [0.25, 0.3) is 0 Å². The van der Waals surface area contributed by atoms with E-state index < -0.39 is 0 Å². The van der Waals surface area contributed by atoms with Crippen molar-refractivity contribution in [1.82, 2.24) is 5.32 Å². The second-order valence-corrected chi connectivity index (χ2v) is 4.35. The minimum absolute atomic E-state index is 0.327. The second-order valence-electron chi connectivity index (χ2n) is 4.35. The third kappa shape index (κ3) is 3.72. The van der Waals surface area contributed by atoms with Crippen molar-refractivity contribution in [2.24, 2.45) is 0 Å². The maximum Gasteiger partial charge on any atom is 0.119 e. The molecule has 0 amide bonds. The van der Waals surface area contributed by atoms with Crippen molar-refractivity contribution in [3.8, 4) is 5.75 Å². The summed E-state index contributed by atoms with van der Waals surface area (Å²) in [4.78, 5) is 0. The van der Waals surface area contributed by atoms with Crippen molar-refractivity contribution in [1.29, 1.82) is 0 Å². The average molecular weight is 235 g/mol. The number of ether oxygens (including phenoxy) is 2. The molecule has 3 nitrogen and oxygen atoms in total. The van der Waals surface area contributed by atoms with E-state index >= 15 is 0 Å². The second kappa shape index (κ2) is 6.62. The van der Waals surface area contributed by atoms with Gasteiger partial charge < -0.3 is 14.8 Å². The Bertz CT molecular complexity index is 317. The lowest BCUT2D eigenvalue weighted by molar-refractivity contribution is 0.0768. The zero-order valence-corrected chi connectivity index (χ0v) is 10.4. The topological polar surface area (TPSA) is 30.5 Å². The van der Waals surface area contributed by atoms with Crippen molar-refractivity contribution >= 4 is 0 Å². The predicted octanol–water partition coefficient (Wildman–Crippen LogP) is 2.53. The van der Waals surface area contributed by atoms with Crippen molar-refractivity contribution in [2.45, 2.75) is 25.8 Å². The molecule has 0 radical (unpaired) electrons. The van der Waals surface area contributed by atoms with Gasteiger partial charge in [0.05, 0.1) is 25.9 Å². The molecule has 1 saturated heterocycles. The minimum Gasteiger partial charge on any atom is -0.494 e. The third-order valence-corrected chi connectivity index (χ3v) is 2.97. The van der Waals surface area contributed by atoms with E-state index in [2.05, 4.69) is 24.4 Å². The van der Waals surface area contributed by atoms with Crippen molar-refractivity contribution in [3.05, 3.63) is 29.8 Å². The van der Waals surface area contributed by atoms with Gasteiger partial charge in [0.2, 0.25) is 0 Å². The van der Waals surface area contributed by atoms with Crippen LogP contribution >= 0.6 is 0 Å². The van der Waals surface area contributed by atoms with E-state index in [9.17, 15) is 0 Å². The summed E-state index contributed by atoms with van der Waals surface area (Å²) in [7, 11) is 0. The lowest BCUT2D eigenvalue weighted by Crippen LogP contribution is -2.34. The van der Waals surface area contributed by atoms with Gasteiger partial charge in [-0.15, -0.1) is 0 Å². The van der Waals surface area contributed by atoms with E-state index in [1.165, 1.54) is 12.0 Å². The number of rotatable bonds is 5. The van der Waals surface area contributed by atoms with Crippen LogP contribution in [-0.2, 0) is 4.74 Å². The molecule has 1 aromatic carbocycles. The average Bonchev–Trinajstić information content (AvgIpc) is 2.41. The number of benzene rings is 1. The molecule has 1 unspecified atom stereocenters. The van der Waals surface area contributed by atoms with Gasteiger partial charge in [-0.2, -0.15) is 0 Å². The maximum atomic E-state index is 5.64. The van der Waals surface area contributed by atoms with Gasteiger partial charge in [0.15, 0.2) is 0 Å². The van der Waals surface area contributed by atoms with Crippen LogP contribution < -0.4 is 10.1 Å². The lowest BCUT2D eigenvalue weighted by Gasteiger charge is -2.24. The predicted molar refractivity (Wildman–Crippen MR) is 68.4 cm³/mol. The lowest BCUT2D eigenvalue weighted by atomic mass is 10.1. The molecule has 0 bridgehead atoms. The fourth-order valence-corrected chi connectivity index (χ4v) is 1.91. The summed E-state index contributed by atoms with van der Waals surface area (Å²) in [6, 6.07) is 8.65. The number of morpholine rings is 1. The van der Waals surface area contributed by atoms with E-state index in [4.69, 9.17) is 9.47 Å². The van der Waals surface area contributed by atoms with Gasteiger partial charge >= 0.3 is 0 Å². The molecule has 1 atom stereocenters. The van der Waals surface area contributed by atoms with Crippen LogP contribution in [-0.4, -0.2) is 26.4 Å². The summed E-state index contributed by atoms with van der Waals surface area (Å²) in [6.45, 7) is 5.48. The Labute approximate surface area is 103 Å². The molecule has 1 heterocycles. The molecule has 1 N–H and O–H groups in total. The Kier molecular flexibility index (Phi) is 4.83. The van der Waals surface area contributed by atoms with E-state index in [0.29, 0.717) is 6.04 Å². The highest BCUT2D eigenvalue weighted by Gasteiger charge is 2.14. The molecule has 94 valence electrons. The molecular weight excluding hydrogens is 214 g/mol. The van der Waals surface area contributed by atoms with Gasteiger partial charge in [0.25, 0.3) is 0 Å². The molecule has 1 aliphatic heterocycles. The Balaban J connectivity index is 1.88. The summed E-state index contributed by atoms with van der Waals surface area (Å²) in [5.74, 6) is 0.957. The van der Waals surface area contributed by atoms with Crippen LogP contribution in [0.1, 0.15) is 31.4 Å². The first-order valence-corrected chi connectivity index (χ1v) is 6.44. The molecule has 0 spiro atoms. The number of unbranched alkanes of at least 4 members (excludes halogenated alkanes) is 1. The number of nitrogens with one attached hydrogen (secondary N) is 1. The Hall–Kier alpha value is -1.06. The van der Waals surface area contributed by atoms with Gasteiger partial charge in [0, 0.05) is 6.54 Å². The van der Waals surface area contributed by atoms with Crippen LogP contribution in [0.15, 0.2) is 24.3 Å². The summed E-state index contributed by atoms with van der Waals surface area (Å²) < 4.78 is 11.1. The van der Waals surface area contributed by atoms with Crippen LogP contribution in [0.3, 0.4) is 0 Å². The van der Waals surface area contributed by atoms with Gasteiger partial charge in [0.1, 0.15) is 5.75 Å². The zero-order chi connectivity index (χ0) is 11.9. The molecule has 1 aliphatic rings. The quantitative estimate of drug-likeness (QED) is 0.795. The molecular formula is C14H21NO2. The SMILES string of the molecule is CCCCOc1ccc(C2COCCN2)cc1. The van der Waals surface area contributed by atoms with E-state index in [-0.39, 0.29) is 0 Å². The normalized spacial score (nSPS) is 20.2. The fraction of sp³-hybridized carbons (Fsp3) is 0.571. The number of hydrogen-bond donors (Lipinski definition) is 1. The van der Waals surface area contributed by atoms with Crippen molar-refractivity contribution in [2.75, 3.05) is 26.4 Å². The Morgan fingerprint density at radius 1 is 1.35 bits per heavy atom. The molecule has 17 heavy (non-hydrogen) atoms. The summed E-state index contributed by atoms with van der Waals surface area (Å²) in [6.07, 6.45) is 2.28. The van der Waals surface area contributed by atoms with Gasteiger partial charge in [-0.3, -0.25) is 0 Å². The minimum atomic E-state index is 0.327.